The van der Waals surface area contributed by atoms with Crippen molar-refractivity contribution in [1.29, 1.82) is 0 Å². The standard InChI is InChI=1S/C14H11FN2O3S/c1-9-6-10(2-4-12(9)15)13(18)8-21-14-5-3-11(7-16-14)17(19)20/h2-7H,8H2,1H3. The number of ketones is 1. The van der Waals surface area contributed by atoms with Crippen LogP contribution in [0.3, 0.4) is 0 Å². The molecule has 5 nitrogen and oxygen atoms in total. The van der Waals surface area contributed by atoms with Gasteiger partial charge in [0.05, 0.1) is 15.7 Å². The zero-order valence-corrected chi connectivity index (χ0v) is 11.9. The number of aryl methyl sites for hydroxylation is 1. The summed E-state index contributed by atoms with van der Waals surface area (Å²) in [7, 11) is 0. The van der Waals surface area contributed by atoms with Gasteiger partial charge in [0.1, 0.15) is 12.0 Å². The normalized spacial score (nSPS) is 10.4. The Morgan fingerprint density at radius 1 is 1.38 bits per heavy atom. The SMILES string of the molecule is Cc1cc(C(=O)CSc2ccc([N+](=O)[O-])cn2)ccc1F. The van der Waals surface area contributed by atoms with Crippen LogP contribution in [0.5, 0.6) is 0 Å². The predicted molar refractivity (Wildman–Crippen MR) is 77.1 cm³/mol. The molecule has 0 spiro atoms. The Morgan fingerprint density at radius 3 is 2.71 bits per heavy atom. The number of hydrogen-bond donors (Lipinski definition) is 0. The van der Waals surface area contributed by atoms with Crippen LogP contribution in [0.4, 0.5) is 10.1 Å². The Hall–Kier alpha value is -2.28. The molecule has 0 saturated carbocycles. The largest absolute Gasteiger partial charge is 0.293 e. The van der Waals surface area contributed by atoms with Crippen molar-refractivity contribution in [2.45, 2.75) is 11.9 Å². The van der Waals surface area contributed by atoms with Crippen molar-refractivity contribution in [1.82, 2.24) is 4.98 Å². The van der Waals surface area contributed by atoms with Gasteiger partial charge in [0.2, 0.25) is 0 Å². The molecule has 0 fully saturated rings. The van der Waals surface area contributed by atoms with Gasteiger partial charge in [-0.15, -0.1) is 0 Å². The van der Waals surface area contributed by atoms with Gasteiger partial charge >= 0.3 is 0 Å². The molecule has 0 aliphatic rings. The van der Waals surface area contributed by atoms with E-state index in [0.717, 1.165) is 6.20 Å². The average molecular weight is 306 g/mol. The lowest BCUT2D eigenvalue weighted by Gasteiger charge is -2.03. The minimum absolute atomic E-state index is 0.0974. The molecule has 1 aromatic heterocycles. The van der Waals surface area contributed by atoms with E-state index in [-0.39, 0.29) is 23.0 Å². The molecular weight excluding hydrogens is 295 g/mol. The van der Waals surface area contributed by atoms with Gasteiger partial charge < -0.3 is 0 Å². The molecule has 0 unspecified atom stereocenters. The lowest BCUT2D eigenvalue weighted by molar-refractivity contribution is -0.385. The summed E-state index contributed by atoms with van der Waals surface area (Å²) >= 11 is 1.18. The summed E-state index contributed by atoms with van der Waals surface area (Å²) < 4.78 is 13.1. The first-order valence-corrected chi connectivity index (χ1v) is 6.98. The van der Waals surface area contributed by atoms with Crippen LogP contribution in [-0.4, -0.2) is 21.4 Å². The molecule has 108 valence electrons. The van der Waals surface area contributed by atoms with E-state index in [1.165, 1.54) is 42.1 Å². The fourth-order valence-corrected chi connectivity index (χ4v) is 2.34. The van der Waals surface area contributed by atoms with E-state index in [2.05, 4.69) is 4.98 Å². The van der Waals surface area contributed by atoms with Gasteiger partial charge in [0, 0.05) is 11.6 Å². The number of halogens is 1. The number of nitro groups is 1. The Kier molecular flexibility index (Phi) is 4.64. The number of carbonyl (C=O) groups is 1. The molecule has 0 N–H and O–H groups in total. The minimum atomic E-state index is -0.534. The minimum Gasteiger partial charge on any atom is -0.293 e. The summed E-state index contributed by atoms with van der Waals surface area (Å²) in [4.78, 5) is 25.8. The van der Waals surface area contributed by atoms with Crippen LogP contribution in [0.1, 0.15) is 15.9 Å². The number of nitrogens with zero attached hydrogens (tertiary/aromatic N) is 2. The lowest BCUT2D eigenvalue weighted by Crippen LogP contribution is -2.03. The highest BCUT2D eigenvalue weighted by atomic mass is 32.2. The molecule has 7 heteroatoms. The summed E-state index contributed by atoms with van der Waals surface area (Å²) in [6.07, 6.45) is 1.15. The molecule has 0 aliphatic carbocycles. The van der Waals surface area contributed by atoms with Gasteiger partial charge in [-0.2, -0.15) is 0 Å². The number of aromatic nitrogens is 1. The van der Waals surface area contributed by atoms with Crippen LogP contribution in [0, 0.1) is 22.9 Å². The van der Waals surface area contributed by atoms with Crippen LogP contribution < -0.4 is 0 Å². The first kappa shape index (κ1) is 15.1. The summed E-state index contributed by atoms with van der Waals surface area (Å²) in [5.74, 6) is -0.366. The third-order valence-electron chi connectivity index (χ3n) is 2.76. The number of thioether (sulfide) groups is 1. The first-order valence-electron chi connectivity index (χ1n) is 6.00. The van der Waals surface area contributed by atoms with E-state index in [9.17, 15) is 19.3 Å². The van der Waals surface area contributed by atoms with Crippen molar-refractivity contribution in [3.63, 3.8) is 0 Å². The molecular formula is C14H11FN2O3S. The fraction of sp³-hybridized carbons (Fsp3) is 0.143. The molecule has 0 atom stereocenters. The first-order chi connectivity index (χ1) is 9.97. The maximum atomic E-state index is 13.1. The van der Waals surface area contributed by atoms with Gasteiger partial charge in [-0.1, -0.05) is 11.8 Å². The Labute approximate surface area is 124 Å². The second-order valence-corrected chi connectivity index (χ2v) is 5.28. The van der Waals surface area contributed by atoms with E-state index in [0.29, 0.717) is 16.2 Å². The van der Waals surface area contributed by atoms with Crippen molar-refractivity contribution in [3.05, 3.63) is 63.6 Å². The smallest absolute Gasteiger partial charge is 0.287 e. The Balaban J connectivity index is 2.00. The van der Waals surface area contributed by atoms with E-state index < -0.39 is 4.92 Å². The summed E-state index contributed by atoms with van der Waals surface area (Å²) in [5, 5.41) is 11.0. The van der Waals surface area contributed by atoms with Crippen LogP contribution >= 0.6 is 11.8 Å². The van der Waals surface area contributed by atoms with Crippen LogP contribution in [0.2, 0.25) is 0 Å². The highest BCUT2D eigenvalue weighted by Crippen LogP contribution is 2.20. The van der Waals surface area contributed by atoms with Crippen LogP contribution in [0.15, 0.2) is 41.6 Å². The Bertz CT molecular complexity index is 689. The summed E-state index contributed by atoms with van der Waals surface area (Å²) in [5.41, 5.74) is 0.752. The molecule has 0 amide bonds. The molecule has 0 radical (unpaired) electrons. The zero-order chi connectivity index (χ0) is 15.4. The fourth-order valence-electron chi connectivity index (χ4n) is 1.61. The second-order valence-electron chi connectivity index (χ2n) is 4.29. The highest BCUT2D eigenvalue weighted by Gasteiger charge is 2.10. The zero-order valence-electron chi connectivity index (χ0n) is 11.1. The molecule has 0 saturated heterocycles. The van der Waals surface area contributed by atoms with Gasteiger partial charge in [-0.05, 0) is 36.8 Å². The van der Waals surface area contributed by atoms with Crippen molar-refractivity contribution < 1.29 is 14.1 Å². The highest BCUT2D eigenvalue weighted by molar-refractivity contribution is 7.99. The van der Waals surface area contributed by atoms with Crippen molar-refractivity contribution >= 4 is 23.2 Å². The molecule has 1 aromatic carbocycles. The number of rotatable bonds is 5. The topological polar surface area (TPSA) is 73.1 Å². The molecule has 1 heterocycles. The van der Waals surface area contributed by atoms with E-state index >= 15 is 0 Å². The van der Waals surface area contributed by atoms with E-state index in [1.54, 1.807) is 6.92 Å². The molecule has 2 aromatic rings. The second kappa shape index (κ2) is 6.45. The van der Waals surface area contributed by atoms with Gasteiger partial charge in [-0.3, -0.25) is 14.9 Å². The lowest BCUT2D eigenvalue weighted by atomic mass is 10.1. The van der Waals surface area contributed by atoms with Gasteiger partial charge in [0.15, 0.2) is 5.78 Å². The molecule has 0 bridgehead atoms. The number of hydrogen-bond acceptors (Lipinski definition) is 5. The van der Waals surface area contributed by atoms with Gasteiger partial charge in [0.25, 0.3) is 5.69 Å². The van der Waals surface area contributed by atoms with Crippen molar-refractivity contribution in [3.8, 4) is 0 Å². The monoisotopic (exact) mass is 306 g/mol. The molecule has 21 heavy (non-hydrogen) atoms. The van der Waals surface area contributed by atoms with E-state index in [4.69, 9.17) is 0 Å². The molecule has 0 aliphatic heterocycles. The average Bonchev–Trinajstić information content (AvgIpc) is 2.48. The van der Waals surface area contributed by atoms with E-state index in [1.807, 2.05) is 0 Å². The number of benzene rings is 1. The summed E-state index contributed by atoms with van der Waals surface area (Å²) in [6.45, 7) is 1.59. The number of carbonyl (C=O) groups excluding carboxylic acids is 1. The third kappa shape index (κ3) is 3.85. The quantitative estimate of drug-likeness (QED) is 0.366. The van der Waals surface area contributed by atoms with Crippen LogP contribution in [0.25, 0.3) is 0 Å². The summed E-state index contributed by atoms with van der Waals surface area (Å²) in [6, 6.07) is 7.03. The Morgan fingerprint density at radius 2 is 2.14 bits per heavy atom. The maximum Gasteiger partial charge on any atom is 0.287 e. The maximum absolute atomic E-state index is 13.1. The number of Topliss-reactive ketones (excluding diaryl/α,β-unsaturated/α-hetero) is 1. The van der Waals surface area contributed by atoms with Crippen molar-refractivity contribution in [2.24, 2.45) is 0 Å². The van der Waals surface area contributed by atoms with Crippen LogP contribution in [-0.2, 0) is 0 Å². The van der Waals surface area contributed by atoms with Crippen molar-refractivity contribution in [2.75, 3.05) is 5.75 Å². The third-order valence-corrected chi connectivity index (χ3v) is 3.71. The van der Waals surface area contributed by atoms with Gasteiger partial charge in [-0.25, -0.2) is 9.37 Å². The predicted octanol–water partition coefficient (Wildman–Crippen LogP) is 3.41. The molecule has 2 rings (SSSR count). The number of pyridine rings is 1.